The zero-order valence-electron chi connectivity index (χ0n) is 6.14. The lowest BCUT2D eigenvalue weighted by Crippen LogP contribution is -2.46. The van der Waals surface area contributed by atoms with Gasteiger partial charge in [-0.25, -0.2) is 0 Å². The van der Waals surface area contributed by atoms with Crippen molar-refractivity contribution in [3.8, 4) is 0 Å². The van der Waals surface area contributed by atoms with Crippen molar-refractivity contribution in [3.63, 3.8) is 0 Å². The first-order chi connectivity index (χ1) is 5.01. The van der Waals surface area contributed by atoms with Crippen LogP contribution in [0.4, 0.5) is 0 Å². The molecule has 0 aromatic heterocycles. The minimum atomic E-state index is -2.00. The van der Waals surface area contributed by atoms with E-state index in [-0.39, 0.29) is 0 Å². The normalized spacial score (nSPS) is 51.5. The van der Waals surface area contributed by atoms with Gasteiger partial charge in [-0.05, 0) is 6.92 Å². The molecule has 5 heteroatoms. The zero-order chi connectivity index (χ0) is 8.65. The van der Waals surface area contributed by atoms with Gasteiger partial charge in [0, 0.05) is 0 Å². The summed E-state index contributed by atoms with van der Waals surface area (Å²) in [5.74, 6) is -2.00. The Morgan fingerprint density at radius 1 is 1.45 bits per heavy atom. The molecule has 66 valence electrons. The van der Waals surface area contributed by atoms with Crippen molar-refractivity contribution in [2.45, 2.75) is 31.0 Å². The van der Waals surface area contributed by atoms with Gasteiger partial charge in [0.05, 0.1) is 12.7 Å². The second kappa shape index (κ2) is 2.69. The van der Waals surface area contributed by atoms with Gasteiger partial charge in [-0.1, -0.05) is 0 Å². The lowest BCUT2D eigenvalue weighted by molar-refractivity contribution is -0.243. The second-order valence-electron chi connectivity index (χ2n) is 2.76. The highest BCUT2D eigenvalue weighted by Gasteiger charge is 2.51. The van der Waals surface area contributed by atoms with E-state index < -0.39 is 30.7 Å². The first-order valence-electron chi connectivity index (χ1n) is 3.38. The number of hydrogen-bond donors (Lipinski definition) is 4. The fraction of sp³-hybridized carbons (Fsp3) is 1.00. The number of aliphatic hydroxyl groups excluding tert-OH is 3. The Balaban J connectivity index is 2.73. The van der Waals surface area contributed by atoms with Crippen molar-refractivity contribution in [3.05, 3.63) is 0 Å². The first-order valence-corrected chi connectivity index (χ1v) is 3.38. The molecule has 1 saturated heterocycles. The average molecular weight is 164 g/mol. The maximum absolute atomic E-state index is 9.23. The smallest absolute Gasteiger partial charge is 0.219 e. The van der Waals surface area contributed by atoms with Crippen LogP contribution in [0.25, 0.3) is 0 Å². The van der Waals surface area contributed by atoms with Crippen molar-refractivity contribution in [2.75, 3.05) is 6.61 Å². The summed E-state index contributed by atoms with van der Waals surface area (Å²) in [7, 11) is 0. The van der Waals surface area contributed by atoms with Crippen LogP contribution in [-0.2, 0) is 4.74 Å². The van der Waals surface area contributed by atoms with Crippen LogP contribution in [-0.4, -0.2) is 51.1 Å². The minimum Gasteiger partial charge on any atom is -0.391 e. The van der Waals surface area contributed by atoms with Crippen molar-refractivity contribution in [2.24, 2.45) is 0 Å². The lowest BCUT2D eigenvalue weighted by Gasteiger charge is -2.22. The van der Waals surface area contributed by atoms with E-state index in [4.69, 9.17) is 20.1 Å². The number of hydrogen-bond acceptors (Lipinski definition) is 5. The average Bonchev–Trinajstić information content (AvgIpc) is 2.17. The Labute approximate surface area is 63.8 Å². The van der Waals surface area contributed by atoms with Crippen LogP contribution < -0.4 is 0 Å². The largest absolute Gasteiger partial charge is 0.391 e. The third-order valence-electron chi connectivity index (χ3n) is 1.88. The fourth-order valence-corrected chi connectivity index (χ4v) is 1.12. The fourth-order valence-electron chi connectivity index (χ4n) is 1.12. The predicted molar refractivity (Wildman–Crippen MR) is 34.6 cm³/mol. The van der Waals surface area contributed by atoms with Crippen LogP contribution in [0.1, 0.15) is 6.92 Å². The molecule has 5 nitrogen and oxygen atoms in total. The number of aliphatic hydroxyl groups is 4. The minimum absolute atomic E-state index is 0.665. The van der Waals surface area contributed by atoms with Gasteiger partial charge in [-0.2, -0.15) is 0 Å². The molecule has 1 aliphatic rings. The monoisotopic (exact) mass is 164 g/mol. The second-order valence-corrected chi connectivity index (χ2v) is 2.76. The van der Waals surface area contributed by atoms with E-state index in [1.54, 1.807) is 0 Å². The molecule has 1 heterocycles. The summed E-state index contributed by atoms with van der Waals surface area (Å²) in [6.07, 6.45) is -3.25. The highest BCUT2D eigenvalue weighted by Crippen LogP contribution is 2.28. The molecule has 4 atom stereocenters. The molecule has 0 unspecified atom stereocenters. The van der Waals surface area contributed by atoms with E-state index in [1.807, 2.05) is 0 Å². The summed E-state index contributed by atoms with van der Waals surface area (Å²) in [5, 5.41) is 36.0. The van der Waals surface area contributed by atoms with Gasteiger partial charge in [0.25, 0.3) is 0 Å². The Morgan fingerprint density at radius 2 is 2.00 bits per heavy atom. The summed E-state index contributed by atoms with van der Waals surface area (Å²) in [6.45, 7) is 0.775. The SMILES string of the molecule is C[C@@H]1O[C@](O)(CO)[C@@H](O)[C@@H]1O. The Kier molecular flexibility index (Phi) is 2.17. The van der Waals surface area contributed by atoms with E-state index in [2.05, 4.69) is 0 Å². The molecule has 1 rings (SSSR count). The number of rotatable bonds is 1. The van der Waals surface area contributed by atoms with Gasteiger partial charge in [-0.3, -0.25) is 0 Å². The van der Waals surface area contributed by atoms with Crippen LogP contribution in [0, 0.1) is 0 Å². The highest BCUT2D eigenvalue weighted by atomic mass is 16.7. The van der Waals surface area contributed by atoms with Gasteiger partial charge >= 0.3 is 0 Å². The molecule has 4 N–H and O–H groups in total. The van der Waals surface area contributed by atoms with Gasteiger partial charge in [0.1, 0.15) is 12.2 Å². The molecule has 0 amide bonds. The molecule has 11 heavy (non-hydrogen) atoms. The number of ether oxygens (including phenoxy) is 1. The molecule has 0 aliphatic carbocycles. The molecule has 0 radical (unpaired) electrons. The topological polar surface area (TPSA) is 90.2 Å². The summed E-state index contributed by atoms with van der Waals surface area (Å²) >= 11 is 0. The lowest BCUT2D eigenvalue weighted by atomic mass is 10.1. The van der Waals surface area contributed by atoms with Crippen molar-refractivity contribution in [1.29, 1.82) is 0 Å². The van der Waals surface area contributed by atoms with Crippen LogP contribution in [0.15, 0.2) is 0 Å². The predicted octanol–water partition coefficient (Wildman–Crippen LogP) is -2.19. The third kappa shape index (κ3) is 1.25. The first kappa shape index (κ1) is 8.89. The maximum Gasteiger partial charge on any atom is 0.219 e. The molecule has 0 saturated carbocycles. The molecule has 0 aromatic carbocycles. The van der Waals surface area contributed by atoms with Crippen LogP contribution in [0.2, 0.25) is 0 Å². The maximum atomic E-state index is 9.23. The molecule has 0 aromatic rings. The van der Waals surface area contributed by atoms with Gasteiger partial charge in [-0.15, -0.1) is 0 Å². The van der Waals surface area contributed by atoms with Crippen LogP contribution >= 0.6 is 0 Å². The Morgan fingerprint density at radius 3 is 2.18 bits per heavy atom. The van der Waals surface area contributed by atoms with Gasteiger partial charge in [0.2, 0.25) is 5.79 Å². The molecule has 0 spiro atoms. The van der Waals surface area contributed by atoms with E-state index >= 15 is 0 Å². The molecule has 1 fully saturated rings. The molecule has 1 aliphatic heterocycles. The van der Waals surface area contributed by atoms with Crippen molar-refractivity contribution < 1.29 is 25.2 Å². The molecular weight excluding hydrogens is 152 g/mol. The van der Waals surface area contributed by atoms with E-state index in [9.17, 15) is 5.11 Å². The van der Waals surface area contributed by atoms with Gasteiger partial charge < -0.3 is 25.2 Å². The summed E-state index contributed by atoms with van der Waals surface area (Å²) < 4.78 is 4.73. The summed E-state index contributed by atoms with van der Waals surface area (Å²) in [4.78, 5) is 0. The van der Waals surface area contributed by atoms with Crippen molar-refractivity contribution in [1.82, 2.24) is 0 Å². The van der Waals surface area contributed by atoms with Crippen LogP contribution in [0.5, 0.6) is 0 Å². The quantitative estimate of drug-likeness (QED) is 0.353. The zero-order valence-corrected chi connectivity index (χ0v) is 6.14. The highest BCUT2D eigenvalue weighted by molar-refractivity contribution is 4.93. The van der Waals surface area contributed by atoms with E-state index in [0.717, 1.165) is 0 Å². The third-order valence-corrected chi connectivity index (χ3v) is 1.88. The summed E-state index contributed by atoms with van der Waals surface area (Å²) in [5.41, 5.74) is 0. The van der Waals surface area contributed by atoms with Gasteiger partial charge in [0.15, 0.2) is 0 Å². The van der Waals surface area contributed by atoms with Crippen LogP contribution in [0.3, 0.4) is 0 Å². The molecular formula is C6H12O5. The standard InChI is InChI=1S/C6H12O5/c1-3-4(8)5(9)6(10,2-7)11-3/h3-5,7-10H,2H2,1H3/t3-,4+,5-,6+/m0/s1. The molecule has 0 bridgehead atoms. The van der Waals surface area contributed by atoms with E-state index in [1.165, 1.54) is 6.92 Å². The Hall–Kier alpha value is -0.200. The summed E-state index contributed by atoms with van der Waals surface area (Å²) in [6, 6.07) is 0. The Bertz CT molecular complexity index is 150. The van der Waals surface area contributed by atoms with E-state index in [0.29, 0.717) is 0 Å². The van der Waals surface area contributed by atoms with Crippen molar-refractivity contribution >= 4 is 0 Å².